The average Bonchev–Trinajstić information content (AvgIpc) is 3.81. The summed E-state index contributed by atoms with van der Waals surface area (Å²) in [6, 6.07) is 64.1. The number of rotatable bonds is 2. The second-order valence-corrected chi connectivity index (χ2v) is 15.9. The van der Waals surface area contributed by atoms with Gasteiger partial charge < -0.3 is 0 Å². The van der Waals surface area contributed by atoms with Crippen molar-refractivity contribution < 1.29 is 0 Å². The fourth-order valence-corrected chi connectivity index (χ4v) is 10.6. The van der Waals surface area contributed by atoms with Crippen molar-refractivity contribution in [3.63, 3.8) is 0 Å². The highest BCUT2D eigenvalue weighted by molar-refractivity contribution is 7.25. The molecule has 0 fully saturated rings. The van der Waals surface area contributed by atoms with Gasteiger partial charge in [0, 0.05) is 47.3 Å². The number of hydrogen-bond donors (Lipinski definition) is 0. The number of nitrogens with zero attached hydrogens (tertiary/aromatic N) is 3. The number of benzene rings is 10. The fraction of sp³-hybridized carbons (Fsp3) is 0. The minimum atomic E-state index is 0.665. The topological polar surface area (TPSA) is 30.7 Å². The van der Waals surface area contributed by atoms with E-state index in [0.29, 0.717) is 5.95 Å². The van der Waals surface area contributed by atoms with E-state index in [1.54, 1.807) is 0 Å². The molecule has 0 aliphatic heterocycles. The molecule has 10 aromatic carbocycles. The second-order valence-electron chi connectivity index (χ2n) is 14.9. The van der Waals surface area contributed by atoms with Gasteiger partial charge in [-0.25, -0.2) is 9.97 Å². The van der Waals surface area contributed by atoms with Crippen LogP contribution in [0.3, 0.4) is 0 Å². The Morgan fingerprint density at radius 3 is 1.68 bits per heavy atom. The molecular weight excluding hydrogens is 699 g/mol. The number of thiophene rings is 1. The largest absolute Gasteiger partial charge is 0.278 e. The zero-order chi connectivity index (χ0) is 36.5. The number of fused-ring (bicyclic) bond motifs is 18. The van der Waals surface area contributed by atoms with Gasteiger partial charge in [0.2, 0.25) is 5.95 Å². The molecule has 0 aliphatic rings. The first-order chi connectivity index (χ1) is 27.8. The molecule has 0 atom stereocenters. The Morgan fingerprint density at radius 2 is 0.911 bits per heavy atom. The smallest absolute Gasteiger partial charge is 0.235 e. The number of hydrogen-bond acceptors (Lipinski definition) is 3. The Balaban J connectivity index is 1.22. The van der Waals surface area contributed by atoms with Crippen molar-refractivity contribution in [3.8, 4) is 17.2 Å². The Morgan fingerprint density at radius 1 is 0.357 bits per heavy atom. The molecule has 0 bridgehead atoms. The third-order valence-electron chi connectivity index (χ3n) is 12.0. The zero-order valence-corrected chi connectivity index (χ0v) is 30.8. The Kier molecular flexibility index (Phi) is 6.04. The van der Waals surface area contributed by atoms with Crippen LogP contribution in [0.5, 0.6) is 0 Å². The van der Waals surface area contributed by atoms with Gasteiger partial charge >= 0.3 is 0 Å². The van der Waals surface area contributed by atoms with Gasteiger partial charge in [0.15, 0.2) is 0 Å². The van der Waals surface area contributed by atoms with Crippen molar-refractivity contribution in [3.05, 3.63) is 176 Å². The molecule has 56 heavy (non-hydrogen) atoms. The molecule has 0 aliphatic carbocycles. The predicted octanol–water partition coefficient (Wildman–Crippen LogP) is 14.5. The lowest BCUT2D eigenvalue weighted by molar-refractivity contribution is 1.02. The highest BCUT2D eigenvalue weighted by Crippen LogP contribution is 2.46. The van der Waals surface area contributed by atoms with E-state index in [0.717, 1.165) is 38.6 Å². The molecule has 0 N–H and O–H groups in total. The molecule has 0 amide bonds. The van der Waals surface area contributed by atoms with Gasteiger partial charge in [-0.05, 0) is 84.9 Å². The molecule has 0 spiro atoms. The molecule has 13 aromatic rings. The first-order valence-corrected chi connectivity index (χ1v) is 19.9. The SMILES string of the molecule is c1ccc2c(c1)ccc1nc(-n3c4ccc5ccccc5c4c4c5c6ccccc6c6ccccc6c5ccc43)nc(-c3ccc4sc5ccccc5c4c3)c12. The summed E-state index contributed by atoms with van der Waals surface area (Å²) in [5.41, 5.74) is 5.13. The lowest BCUT2D eigenvalue weighted by atomic mass is 9.91. The Hall–Kier alpha value is -7.14. The summed E-state index contributed by atoms with van der Waals surface area (Å²) in [5.74, 6) is 0.665. The summed E-state index contributed by atoms with van der Waals surface area (Å²) in [4.78, 5) is 11.1. The standard InChI is InChI=1S/C52H29N3S/c1-3-13-33-30(11-1)21-25-42-48(33)51(32-23-28-46-41(29-32)38-18-9-10-20-45(38)56-46)54-52(53-42)55-43-26-22-31-12-2-4-14-34(31)49(43)50-44(55)27-24-40-37-17-6-5-15-35(37)36-16-7-8-19-39(36)47(40)50/h1-29H. The van der Waals surface area contributed by atoms with Crippen molar-refractivity contribution in [1.82, 2.24) is 14.5 Å². The van der Waals surface area contributed by atoms with Crippen LogP contribution in [0.1, 0.15) is 0 Å². The van der Waals surface area contributed by atoms with E-state index in [9.17, 15) is 0 Å². The third-order valence-corrected chi connectivity index (χ3v) is 13.1. The molecular formula is C52H29N3S. The molecule has 0 unspecified atom stereocenters. The summed E-state index contributed by atoms with van der Waals surface area (Å²) >= 11 is 1.84. The van der Waals surface area contributed by atoms with Gasteiger partial charge in [-0.1, -0.05) is 140 Å². The lowest BCUT2D eigenvalue weighted by Gasteiger charge is -2.14. The molecule has 3 aromatic heterocycles. The third kappa shape index (κ3) is 4.06. The summed E-state index contributed by atoms with van der Waals surface area (Å²) in [6.07, 6.45) is 0. The Bertz CT molecular complexity index is 3800. The van der Waals surface area contributed by atoms with Gasteiger partial charge in [-0.2, -0.15) is 0 Å². The maximum Gasteiger partial charge on any atom is 0.235 e. The summed E-state index contributed by atoms with van der Waals surface area (Å²) in [7, 11) is 0. The van der Waals surface area contributed by atoms with Crippen molar-refractivity contribution in [1.29, 1.82) is 0 Å². The highest BCUT2D eigenvalue weighted by atomic mass is 32.1. The van der Waals surface area contributed by atoms with Crippen LogP contribution in [0.25, 0.3) is 124 Å². The van der Waals surface area contributed by atoms with Crippen molar-refractivity contribution in [2.24, 2.45) is 0 Å². The molecule has 3 heterocycles. The maximum absolute atomic E-state index is 5.66. The summed E-state index contributed by atoms with van der Waals surface area (Å²) in [5, 5.41) is 18.4. The first-order valence-electron chi connectivity index (χ1n) is 19.1. The second kappa shape index (κ2) is 11.2. The monoisotopic (exact) mass is 727 g/mol. The van der Waals surface area contributed by atoms with Crippen LogP contribution in [0.2, 0.25) is 0 Å². The molecule has 0 saturated carbocycles. The van der Waals surface area contributed by atoms with E-state index < -0.39 is 0 Å². The van der Waals surface area contributed by atoms with E-state index in [2.05, 4.69) is 180 Å². The summed E-state index contributed by atoms with van der Waals surface area (Å²) in [6.45, 7) is 0. The summed E-state index contributed by atoms with van der Waals surface area (Å²) < 4.78 is 4.89. The van der Waals surface area contributed by atoms with E-state index in [1.165, 1.54) is 79.4 Å². The first kappa shape index (κ1) is 30.2. The van der Waals surface area contributed by atoms with Crippen LogP contribution in [-0.4, -0.2) is 14.5 Å². The normalized spacial score (nSPS) is 12.3. The molecule has 258 valence electrons. The van der Waals surface area contributed by atoms with Gasteiger partial charge in [-0.15, -0.1) is 11.3 Å². The van der Waals surface area contributed by atoms with Gasteiger partial charge in [0.05, 0.1) is 22.2 Å². The van der Waals surface area contributed by atoms with Crippen molar-refractivity contribution in [2.75, 3.05) is 0 Å². The fourth-order valence-electron chi connectivity index (χ4n) is 9.55. The molecule has 4 heteroatoms. The molecule has 3 nitrogen and oxygen atoms in total. The van der Waals surface area contributed by atoms with E-state index in [4.69, 9.17) is 9.97 Å². The minimum Gasteiger partial charge on any atom is -0.278 e. The van der Waals surface area contributed by atoms with E-state index >= 15 is 0 Å². The predicted molar refractivity (Wildman–Crippen MR) is 240 cm³/mol. The lowest BCUT2D eigenvalue weighted by Crippen LogP contribution is -2.04. The Labute approximate surface area is 324 Å². The van der Waals surface area contributed by atoms with Gasteiger partial charge in [-0.3, -0.25) is 4.57 Å². The van der Waals surface area contributed by atoms with E-state index in [1.807, 2.05) is 11.3 Å². The highest BCUT2D eigenvalue weighted by Gasteiger charge is 2.23. The van der Waals surface area contributed by atoms with Gasteiger partial charge in [0.25, 0.3) is 0 Å². The van der Waals surface area contributed by atoms with Crippen molar-refractivity contribution >= 4 is 118 Å². The minimum absolute atomic E-state index is 0.665. The average molecular weight is 728 g/mol. The quantitative estimate of drug-likeness (QED) is 0.166. The van der Waals surface area contributed by atoms with Gasteiger partial charge in [0.1, 0.15) is 0 Å². The van der Waals surface area contributed by atoms with Crippen molar-refractivity contribution in [2.45, 2.75) is 0 Å². The maximum atomic E-state index is 5.66. The molecule has 0 radical (unpaired) electrons. The molecule has 13 rings (SSSR count). The zero-order valence-electron chi connectivity index (χ0n) is 30.0. The van der Waals surface area contributed by atoms with Crippen LogP contribution in [0, 0.1) is 0 Å². The van der Waals surface area contributed by atoms with Crippen LogP contribution in [-0.2, 0) is 0 Å². The number of aromatic nitrogens is 3. The van der Waals surface area contributed by atoms with Crippen LogP contribution in [0.4, 0.5) is 0 Å². The van der Waals surface area contributed by atoms with Crippen LogP contribution >= 0.6 is 11.3 Å². The van der Waals surface area contributed by atoms with Crippen LogP contribution in [0.15, 0.2) is 176 Å². The molecule has 0 saturated heterocycles. The van der Waals surface area contributed by atoms with E-state index in [-0.39, 0.29) is 0 Å². The van der Waals surface area contributed by atoms with Crippen LogP contribution < -0.4 is 0 Å².